The first-order valence-corrected chi connectivity index (χ1v) is 6.65. The molecule has 0 spiro atoms. The Bertz CT molecular complexity index is 560. The summed E-state index contributed by atoms with van der Waals surface area (Å²) in [4.78, 5) is 10.7. The van der Waals surface area contributed by atoms with E-state index in [-0.39, 0.29) is 11.5 Å². The van der Waals surface area contributed by atoms with Gasteiger partial charge in [0.1, 0.15) is 0 Å². The first-order valence-electron chi connectivity index (χ1n) is 5.21. The summed E-state index contributed by atoms with van der Waals surface area (Å²) in [6, 6.07) is 4.28. The number of benzene rings is 1. The molecule has 0 radical (unpaired) electrons. The lowest BCUT2D eigenvalue weighted by molar-refractivity contribution is -0.137. The van der Waals surface area contributed by atoms with Crippen molar-refractivity contribution in [3.05, 3.63) is 42.0 Å². The van der Waals surface area contributed by atoms with Crippen molar-refractivity contribution >= 4 is 16.1 Å². The second-order valence-corrected chi connectivity index (χ2v) is 5.11. The van der Waals surface area contributed by atoms with E-state index in [0.29, 0.717) is 12.0 Å². The molecule has 1 aromatic carbocycles. The Morgan fingerprint density at radius 3 is 2.72 bits per heavy atom. The molecule has 98 valence electrons. The van der Waals surface area contributed by atoms with E-state index in [9.17, 15) is 13.2 Å². The lowest BCUT2D eigenvalue weighted by Crippen LogP contribution is -2.06. The molecule has 0 aromatic heterocycles. The Morgan fingerprint density at radius 2 is 2.17 bits per heavy atom. The molecule has 0 saturated heterocycles. The zero-order valence-corrected chi connectivity index (χ0v) is 10.7. The Labute approximate surface area is 106 Å². The monoisotopic (exact) mass is 270 g/mol. The Balaban J connectivity index is 2.82. The van der Waals surface area contributed by atoms with Crippen molar-refractivity contribution in [2.24, 2.45) is 0 Å². The van der Waals surface area contributed by atoms with E-state index >= 15 is 0 Å². The predicted octanol–water partition coefficient (Wildman–Crippen LogP) is 1.51. The summed E-state index contributed by atoms with van der Waals surface area (Å²) in [5, 5.41) is 0. The fraction of sp³-hybridized carbons (Fsp3) is 0.250. The molecule has 0 fully saturated rings. The van der Waals surface area contributed by atoms with Gasteiger partial charge in [-0.15, -0.1) is 0 Å². The average molecular weight is 270 g/mol. The van der Waals surface area contributed by atoms with Crippen LogP contribution in [0.3, 0.4) is 0 Å². The van der Waals surface area contributed by atoms with Crippen LogP contribution in [0, 0.1) is 6.92 Å². The third-order valence-electron chi connectivity index (χ3n) is 2.40. The van der Waals surface area contributed by atoms with Gasteiger partial charge in [0.2, 0.25) is 0 Å². The number of aryl methyl sites for hydroxylation is 1. The van der Waals surface area contributed by atoms with Crippen LogP contribution in [0.1, 0.15) is 11.1 Å². The van der Waals surface area contributed by atoms with Crippen molar-refractivity contribution in [2.45, 2.75) is 18.2 Å². The molecular weight excluding hydrogens is 256 g/mol. The molecule has 0 saturated carbocycles. The maximum absolute atomic E-state index is 11.0. The van der Waals surface area contributed by atoms with Gasteiger partial charge in [0.15, 0.2) is 0 Å². The minimum absolute atomic E-state index is 0.126. The fourth-order valence-corrected chi connectivity index (χ4v) is 1.93. The molecule has 1 N–H and O–H groups in total. The molecular formula is C12H14O5S. The van der Waals surface area contributed by atoms with Gasteiger partial charge in [0.05, 0.1) is 11.5 Å². The number of rotatable bonds is 5. The van der Waals surface area contributed by atoms with E-state index in [1.807, 2.05) is 0 Å². The van der Waals surface area contributed by atoms with Crippen LogP contribution >= 0.6 is 0 Å². The Kier molecular flexibility index (Phi) is 4.63. The van der Waals surface area contributed by atoms with Gasteiger partial charge in [-0.05, 0) is 30.2 Å². The van der Waals surface area contributed by atoms with Crippen LogP contribution < -0.4 is 0 Å². The topological polar surface area (TPSA) is 80.7 Å². The van der Waals surface area contributed by atoms with Gasteiger partial charge in [-0.2, -0.15) is 8.42 Å². The number of esters is 1. The molecule has 1 aromatic rings. The molecule has 0 aliphatic rings. The smallest absolute Gasteiger partial charge is 0.330 e. The minimum Gasteiger partial charge on any atom is -0.462 e. The number of carbonyl (C=O) groups excluding carboxylic acids is 1. The lowest BCUT2D eigenvalue weighted by Gasteiger charge is -2.07. The highest BCUT2D eigenvalue weighted by atomic mass is 32.2. The number of carbonyl (C=O) groups is 1. The van der Waals surface area contributed by atoms with E-state index in [0.717, 1.165) is 11.6 Å². The molecule has 0 amide bonds. The molecule has 0 aliphatic heterocycles. The molecule has 0 bridgehead atoms. The van der Waals surface area contributed by atoms with E-state index in [2.05, 4.69) is 6.58 Å². The highest BCUT2D eigenvalue weighted by molar-refractivity contribution is 7.85. The van der Waals surface area contributed by atoms with Gasteiger partial charge >= 0.3 is 5.97 Å². The van der Waals surface area contributed by atoms with Gasteiger partial charge in [0.25, 0.3) is 10.1 Å². The average Bonchev–Trinajstić information content (AvgIpc) is 2.29. The van der Waals surface area contributed by atoms with Crippen LogP contribution in [0.25, 0.3) is 0 Å². The quantitative estimate of drug-likeness (QED) is 0.498. The molecule has 5 nitrogen and oxygen atoms in total. The van der Waals surface area contributed by atoms with E-state index < -0.39 is 16.1 Å². The largest absolute Gasteiger partial charge is 0.462 e. The van der Waals surface area contributed by atoms with E-state index in [1.54, 1.807) is 13.0 Å². The van der Waals surface area contributed by atoms with Gasteiger partial charge in [-0.3, -0.25) is 4.55 Å². The van der Waals surface area contributed by atoms with Crippen molar-refractivity contribution < 1.29 is 22.5 Å². The van der Waals surface area contributed by atoms with Crippen LogP contribution in [-0.2, 0) is 26.1 Å². The molecule has 6 heteroatoms. The summed E-state index contributed by atoms with van der Waals surface area (Å²) in [6.07, 6.45) is 1.43. The third kappa shape index (κ3) is 3.97. The first-order chi connectivity index (χ1) is 8.34. The van der Waals surface area contributed by atoms with Crippen LogP contribution in [0.2, 0.25) is 0 Å². The normalized spacial score (nSPS) is 11.0. The second kappa shape index (κ2) is 5.79. The summed E-state index contributed by atoms with van der Waals surface area (Å²) in [7, 11) is -4.21. The summed E-state index contributed by atoms with van der Waals surface area (Å²) < 4.78 is 35.7. The Morgan fingerprint density at radius 1 is 1.50 bits per heavy atom. The van der Waals surface area contributed by atoms with Crippen LogP contribution in [0.5, 0.6) is 0 Å². The van der Waals surface area contributed by atoms with Crippen molar-refractivity contribution in [1.82, 2.24) is 0 Å². The lowest BCUT2D eigenvalue weighted by atomic mass is 10.1. The minimum atomic E-state index is -4.21. The second-order valence-electron chi connectivity index (χ2n) is 3.68. The van der Waals surface area contributed by atoms with Crippen LogP contribution in [0.15, 0.2) is 35.7 Å². The molecule has 0 unspecified atom stereocenters. The standard InChI is InChI=1S/C12H14O5S/c1-3-12(13)17-7-6-10-8-11(18(14,15)16)5-4-9(10)2/h3-5,8H,1,6-7H2,2H3,(H,14,15,16). The van der Waals surface area contributed by atoms with Crippen LogP contribution in [0.4, 0.5) is 0 Å². The summed E-state index contributed by atoms with van der Waals surface area (Å²) in [5.74, 6) is -0.529. The zero-order valence-electron chi connectivity index (χ0n) is 9.92. The van der Waals surface area contributed by atoms with Crippen molar-refractivity contribution in [2.75, 3.05) is 6.61 Å². The van der Waals surface area contributed by atoms with Gasteiger partial charge in [-0.25, -0.2) is 4.79 Å². The molecule has 0 aliphatic carbocycles. The number of hydrogen-bond donors (Lipinski definition) is 1. The maximum Gasteiger partial charge on any atom is 0.330 e. The summed E-state index contributed by atoms with van der Waals surface area (Å²) in [6.45, 7) is 5.19. The van der Waals surface area contributed by atoms with Crippen molar-refractivity contribution in [1.29, 1.82) is 0 Å². The van der Waals surface area contributed by atoms with Gasteiger partial charge in [-0.1, -0.05) is 12.6 Å². The fourth-order valence-electron chi connectivity index (χ4n) is 1.40. The Hall–Kier alpha value is -1.66. The molecule has 18 heavy (non-hydrogen) atoms. The first kappa shape index (κ1) is 14.4. The van der Waals surface area contributed by atoms with Crippen molar-refractivity contribution in [3.63, 3.8) is 0 Å². The number of ether oxygens (including phenoxy) is 1. The molecule has 1 rings (SSSR count). The predicted molar refractivity (Wildman–Crippen MR) is 65.9 cm³/mol. The number of hydrogen-bond acceptors (Lipinski definition) is 4. The highest BCUT2D eigenvalue weighted by Gasteiger charge is 2.11. The van der Waals surface area contributed by atoms with Gasteiger partial charge in [0, 0.05) is 12.5 Å². The van der Waals surface area contributed by atoms with E-state index in [1.165, 1.54) is 12.1 Å². The molecule has 0 atom stereocenters. The SMILES string of the molecule is C=CC(=O)OCCc1cc(S(=O)(=O)O)ccc1C. The van der Waals surface area contributed by atoms with Gasteiger partial charge < -0.3 is 4.74 Å². The zero-order chi connectivity index (χ0) is 13.8. The van der Waals surface area contributed by atoms with Crippen LogP contribution in [-0.4, -0.2) is 25.5 Å². The van der Waals surface area contributed by atoms with E-state index in [4.69, 9.17) is 9.29 Å². The summed E-state index contributed by atoms with van der Waals surface area (Å²) >= 11 is 0. The van der Waals surface area contributed by atoms with Crippen molar-refractivity contribution in [3.8, 4) is 0 Å². The maximum atomic E-state index is 11.0. The highest BCUT2D eigenvalue weighted by Crippen LogP contribution is 2.16. The molecule has 0 heterocycles. The third-order valence-corrected chi connectivity index (χ3v) is 3.25. The summed E-state index contributed by atoms with van der Waals surface area (Å²) in [5.41, 5.74) is 1.55.